The summed E-state index contributed by atoms with van der Waals surface area (Å²) in [6.45, 7) is 4.80. The minimum atomic E-state index is 0.155. The Morgan fingerprint density at radius 1 is 1.47 bits per heavy atom. The van der Waals surface area contributed by atoms with E-state index in [1.807, 2.05) is 6.92 Å². The van der Waals surface area contributed by atoms with Crippen molar-refractivity contribution in [3.05, 3.63) is 12.1 Å². The average Bonchev–Trinajstić information content (AvgIpc) is 3.13. The highest BCUT2D eigenvalue weighted by atomic mass is 16.5. The molecule has 1 aromatic heterocycles. The number of ether oxygens (including phenoxy) is 2. The van der Waals surface area contributed by atoms with Crippen molar-refractivity contribution in [2.75, 3.05) is 12.3 Å². The lowest BCUT2D eigenvalue weighted by molar-refractivity contribution is 0.204. The summed E-state index contributed by atoms with van der Waals surface area (Å²) in [6, 6.07) is 3.57. The molecule has 0 aliphatic heterocycles. The minimum Gasteiger partial charge on any atom is -0.476 e. The molecule has 1 aliphatic carbocycles. The molecule has 4 heteroatoms. The SMILES string of the molecule is CCC(C)Oc1ccc(N)c(OCC2CC2)n1. The topological polar surface area (TPSA) is 57.4 Å². The number of hydrogen-bond acceptors (Lipinski definition) is 4. The minimum absolute atomic E-state index is 0.155. The monoisotopic (exact) mass is 236 g/mol. The fourth-order valence-corrected chi connectivity index (χ4v) is 1.39. The summed E-state index contributed by atoms with van der Waals surface area (Å²) in [5.74, 6) is 1.77. The van der Waals surface area contributed by atoms with Crippen molar-refractivity contribution in [2.24, 2.45) is 5.92 Å². The van der Waals surface area contributed by atoms with Gasteiger partial charge in [0.15, 0.2) is 0 Å². The molecule has 2 rings (SSSR count). The van der Waals surface area contributed by atoms with Crippen molar-refractivity contribution in [3.63, 3.8) is 0 Å². The number of nitrogen functional groups attached to an aromatic ring is 1. The van der Waals surface area contributed by atoms with E-state index in [9.17, 15) is 0 Å². The summed E-state index contributed by atoms with van der Waals surface area (Å²) in [5.41, 5.74) is 6.39. The zero-order chi connectivity index (χ0) is 12.3. The van der Waals surface area contributed by atoms with Gasteiger partial charge in [0.05, 0.1) is 18.4 Å². The van der Waals surface area contributed by atoms with Crippen LogP contribution in [0.2, 0.25) is 0 Å². The van der Waals surface area contributed by atoms with Crippen LogP contribution in [-0.4, -0.2) is 17.7 Å². The van der Waals surface area contributed by atoms with E-state index >= 15 is 0 Å². The fourth-order valence-electron chi connectivity index (χ4n) is 1.39. The first-order chi connectivity index (χ1) is 8.19. The third-order valence-corrected chi connectivity index (χ3v) is 2.91. The molecule has 1 fully saturated rings. The molecule has 1 aromatic rings. The van der Waals surface area contributed by atoms with Gasteiger partial charge in [-0.05, 0) is 38.2 Å². The van der Waals surface area contributed by atoms with E-state index in [2.05, 4.69) is 11.9 Å². The molecule has 94 valence electrons. The Morgan fingerprint density at radius 2 is 2.24 bits per heavy atom. The van der Waals surface area contributed by atoms with Crippen molar-refractivity contribution in [3.8, 4) is 11.8 Å². The van der Waals surface area contributed by atoms with Crippen molar-refractivity contribution in [1.29, 1.82) is 0 Å². The normalized spacial score (nSPS) is 16.6. The lowest BCUT2D eigenvalue weighted by Gasteiger charge is -2.13. The smallest absolute Gasteiger partial charge is 0.240 e. The van der Waals surface area contributed by atoms with E-state index in [0.29, 0.717) is 30.0 Å². The molecule has 1 unspecified atom stereocenters. The van der Waals surface area contributed by atoms with Crippen molar-refractivity contribution in [1.82, 2.24) is 4.98 Å². The summed E-state index contributed by atoms with van der Waals surface area (Å²) < 4.78 is 11.2. The van der Waals surface area contributed by atoms with Gasteiger partial charge in [-0.1, -0.05) is 6.92 Å². The van der Waals surface area contributed by atoms with Crippen LogP contribution in [0.15, 0.2) is 12.1 Å². The van der Waals surface area contributed by atoms with Gasteiger partial charge in [-0.3, -0.25) is 0 Å². The molecular formula is C13H20N2O2. The summed E-state index contributed by atoms with van der Waals surface area (Å²) in [4.78, 5) is 4.29. The second-order valence-corrected chi connectivity index (χ2v) is 4.63. The third kappa shape index (κ3) is 3.51. The number of nitrogens with two attached hydrogens (primary N) is 1. The molecule has 1 aliphatic rings. The highest BCUT2D eigenvalue weighted by Crippen LogP contribution is 2.31. The molecule has 1 heterocycles. The molecule has 2 N–H and O–H groups in total. The van der Waals surface area contributed by atoms with Crippen LogP contribution >= 0.6 is 0 Å². The highest BCUT2D eigenvalue weighted by molar-refractivity contribution is 5.49. The lowest BCUT2D eigenvalue weighted by atomic mass is 10.3. The Kier molecular flexibility index (Phi) is 3.71. The number of anilines is 1. The zero-order valence-corrected chi connectivity index (χ0v) is 10.5. The largest absolute Gasteiger partial charge is 0.476 e. The van der Waals surface area contributed by atoms with Crippen molar-refractivity contribution in [2.45, 2.75) is 39.2 Å². The lowest BCUT2D eigenvalue weighted by Crippen LogP contribution is -2.12. The summed E-state index contributed by atoms with van der Waals surface area (Å²) in [7, 11) is 0. The first-order valence-corrected chi connectivity index (χ1v) is 6.25. The van der Waals surface area contributed by atoms with E-state index in [0.717, 1.165) is 6.42 Å². The van der Waals surface area contributed by atoms with Crippen molar-refractivity contribution >= 4 is 5.69 Å². The molecule has 0 amide bonds. The number of pyridine rings is 1. The molecule has 1 atom stereocenters. The van der Waals surface area contributed by atoms with Gasteiger partial charge in [0.2, 0.25) is 11.8 Å². The number of nitrogens with zero attached hydrogens (tertiary/aromatic N) is 1. The first kappa shape index (κ1) is 12.0. The quantitative estimate of drug-likeness (QED) is 0.825. The number of aromatic nitrogens is 1. The van der Waals surface area contributed by atoms with Crippen LogP contribution in [0.5, 0.6) is 11.8 Å². The summed E-state index contributed by atoms with van der Waals surface area (Å²) >= 11 is 0. The van der Waals surface area contributed by atoms with Crippen LogP contribution in [0.3, 0.4) is 0 Å². The Bertz CT molecular complexity index is 378. The summed E-state index contributed by atoms with van der Waals surface area (Å²) in [6.07, 6.45) is 3.61. The molecular weight excluding hydrogens is 216 g/mol. The maximum absolute atomic E-state index is 5.82. The number of rotatable bonds is 6. The van der Waals surface area contributed by atoms with E-state index in [1.54, 1.807) is 12.1 Å². The van der Waals surface area contributed by atoms with Crippen LogP contribution in [0, 0.1) is 5.92 Å². The first-order valence-electron chi connectivity index (χ1n) is 6.25. The fraction of sp³-hybridized carbons (Fsp3) is 0.615. The average molecular weight is 236 g/mol. The maximum Gasteiger partial charge on any atom is 0.240 e. The molecule has 0 saturated heterocycles. The second-order valence-electron chi connectivity index (χ2n) is 4.63. The van der Waals surface area contributed by atoms with Crippen LogP contribution in [0.25, 0.3) is 0 Å². The standard InChI is InChI=1S/C13H20N2O2/c1-3-9(2)17-12-7-6-11(14)13(15-12)16-8-10-4-5-10/h6-7,9-10H,3-5,8,14H2,1-2H3. The Morgan fingerprint density at radius 3 is 2.88 bits per heavy atom. The van der Waals surface area contributed by atoms with Gasteiger partial charge in [-0.15, -0.1) is 0 Å². The van der Waals surface area contributed by atoms with E-state index < -0.39 is 0 Å². The summed E-state index contributed by atoms with van der Waals surface area (Å²) in [5, 5.41) is 0. The van der Waals surface area contributed by atoms with Crippen LogP contribution in [-0.2, 0) is 0 Å². The van der Waals surface area contributed by atoms with Crippen LogP contribution in [0.4, 0.5) is 5.69 Å². The van der Waals surface area contributed by atoms with Gasteiger partial charge >= 0.3 is 0 Å². The highest BCUT2D eigenvalue weighted by Gasteiger charge is 2.22. The van der Waals surface area contributed by atoms with Gasteiger partial charge < -0.3 is 15.2 Å². The third-order valence-electron chi connectivity index (χ3n) is 2.91. The maximum atomic E-state index is 5.82. The van der Waals surface area contributed by atoms with Crippen LogP contribution < -0.4 is 15.2 Å². The molecule has 0 spiro atoms. The predicted molar refractivity (Wildman–Crippen MR) is 67.2 cm³/mol. The second kappa shape index (κ2) is 5.25. The molecule has 0 aromatic carbocycles. The van der Waals surface area contributed by atoms with E-state index in [-0.39, 0.29) is 6.10 Å². The van der Waals surface area contributed by atoms with E-state index in [4.69, 9.17) is 15.2 Å². The van der Waals surface area contributed by atoms with E-state index in [1.165, 1.54) is 12.8 Å². The molecule has 0 radical (unpaired) electrons. The Labute approximate surface area is 102 Å². The Hall–Kier alpha value is -1.45. The van der Waals surface area contributed by atoms with Gasteiger partial charge in [-0.25, -0.2) is 0 Å². The molecule has 1 saturated carbocycles. The van der Waals surface area contributed by atoms with Crippen molar-refractivity contribution < 1.29 is 9.47 Å². The van der Waals surface area contributed by atoms with Crippen LogP contribution in [0.1, 0.15) is 33.1 Å². The van der Waals surface area contributed by atoms with Gasteiger partial charge in [0.1, 0.15) is 0 Å². The Balaban J connectivity index is 1.99. The zero-order valence-electron chi connectivity index (χ0n) is 10.5. The molecule has 17 heavy (non-hydrogen) atoms. The van der Waals surface area contributed by atoms with Gasteiger partial charge in [0.25, 0.3) is 0 Å². The molecule has 4 nitrogen and oxygen atoms in total. The van der Waals surface area contributed by atoms with Gasteiger partial charge in [-0.2, -0.15) is 4.98 Å². The molecule has 0 bridgehead atoms. The van der Waals surface area contributed by atoms with Gasteiger partial charge in [0, 0.05) is 6.07 Å². The number of hydrogen-bond donors (Lipinski definition) is 1. The predicted octanol–water partition coefficient (Wildman–Crippen LogP) is 2.63.